The predicted molar refractivity (Wildman–Crippen MR) is 91.5 cm³/mol. The number of carbonyl (C=O) groups excluding carboxylic acids is 1. The highest BCUT2D eigenvalue weighted by molar-refractivity contribution is 5.78. The number of nitriles is 1. The van der Waals surface area contributed by atoms with Gasteiger partial charge < -0.3 is 14.7 Å². The Balaban J connectivity index is 0.000000471. The molecule has 1 aromatic rings. The number of rotatable bonds is 1. The van der Waals surface area contributed by atoms with Gasteiger partial charge in [-0.3, -0.25) is 4.79 Å². The van der Waals surface area contributed by atoms with E-state index >= 15 is 0 Å². The topological polar surface area (TPSA) is 73.6 Å². The molecule has 2 aliphatic rings. The van der Waals surface area contributed by atoms with Crippen LogP contribution in [0.5, 0.6) is 5.75 Å². The summed E-state index contributed by atoms with van der Waals surface area (Å²) in [6.07, 6.45) is 2.15. The van der Waals surface area contributed by atoms with Gasteiger partial charge in [0.25, 0.3) is 0 Å². The highest BCUT2D eigenvalue weighted by atomic mass is 16.5. The van der Waals surface area contributed by atoms with Gasteiger partial charge in [0.05, 0.1) is 17.7 Å². The molecule has 1 N–H and O–H groups in total. The van der Waals surface area contributed by atoms with E-state index in [-0.39, 0.29) is 23.7 Å². The van der Waals surface area contributed by atoms with Crippen LogP contribution in [-0.2, 0) is 4.79 Å². The lowest BCUT2D eigenvalue weighted by molar-refractivity contribution is -0.131. The van der Waals surface area contributed by atoms with Crippen LogP contribution < -0.4 is 4.74 Å². The first kappa shape index (κ1) is 18.3. The fourth-order valence-corrected chi connectivity index (χ4v) is 3.16. The normalized spacial score (nSPS) is 21.5. The number of likely N-dealkylation sites (tertiary alicyclic amines) is 1. The molecule has 0 aliphatic carbocycles. The minimum atomic E-state index is -0.297. The van der Waals surface area contributed by atoms with Gasteiger partial charge in [0.2, 0.25) is 5.91 Å². The van der Waals surface area contributed by atoms with Crippen molar-refractivity contribution in [3.8, 4) is 11.8 Å². The van der Waals surface area contributed by atoms with Crippen molar-refractivity contribution in [2.24, 2.45) is 0 Å². The van der Waals surface area contributed by atoms with Crippen molar-refractivity contribution >= 4 is 5.91 Å². The van der Waals surface area contributed by atoms with E-state index in [1.165, 1.54) is 0 Å². The van der Waals surface area contributed by atoms with Gasteiger partial charge in [0.1, 0.15) is 11.4 Å². The van der Waals surface area contributed by atoms with Gasteiger partial charge in [-0.1, -0.05) is 0 Å². The monoisotopic (exact) mass is 330 g/mol. The number of benzene rings is 1. The van der Waals surface area contributed by atoms with Crippen LogP contribution in [-0.4, -0.2) is 34.2 Å². The van der Waals surface area contributed by atoms with Crippen molar-refractivity contribution in [2.75, 3.05) is 6.54 Å². The zero-order valence-electron chi connectivity index (χ0n) is 14.9. The van der Waals surface area contributed by atoms with Crippen LogP contribution in [0.1, 0.15) is 64.1 Å². The van der Waals surface area contributed by atoms with Gasteiger partial charge in [-0.15, -0.1) is 0 Å². The summed E-state index contributed by atoms with van der Waals surface area (Å²) in [6, 6.07) is 7.66. The number of nitrogens with zero attached hydrogens (tertiary/aromatic N) is 2. The van der Waals surface area contributed by atoms with Crippen LogP contribution in [0.25, 0.3) is 0 Å². The average molecular weight is 330 g/mol. The first-order valence-electron chi connectivity index (χ1n) is 8.44. The number of hydrogen-bond acceptors (Lipinski definition) is 4. The van der Waals surface area contributed by atoms with E-state index in [9.17, 15) is 4.79 Å². The molecule has 2 heterocycles. The molecule has 0 saturated carbocycles. The second kappa shape index (κ2) is 7.23. The SMILES string of the molecule is CC(C)O.CC1(C)C[C@H](N2CCCC2=O)c2cc(C#N)ccc2O1. The number of aliphatic hydroxyl groups is 1. The van der Waals surface area contributed by atoms with Gasteiger partial charge >= 0.3 is 0 Å². The molecular formula is C19H26N2O3. The first-order chi connectivity index (χ1) is 11.2. The third-order valence-electron chi connectivity index (χ3n) is 4.06. The summed E-state index contributed by atoms with van der Waals surface area (Å²) in [4.78, 5) is 14.0. The number of aliphatic hydroxyl groups excluding tert-OH is 1. The Bertz CT molecular complexity index is 644. The fraction of sp³-hybridized carbons (Fsp3) is 0.579. The highest BCUT2D eigenvalue weighted by Crippen LogP contribution is 2.44. The molecule has 1 fully saturated rings. The molecular weight excluding hydrogens is 304 g/mol. The molecule has 1 aromatic carbocycles. The van der Waals surface area contributed by atoms with Gasteiger partial charge in [-0.2, -0.15) is 5.26 Å². The van der Waals surface area contributed by atoms with Crippen LogP contribution in [0.2, 0.25) is 0 Å². The van der Waals surface area contributed by atoms with E-state index in [1.807, 2.05) is 30.9 Å². The van der Waals surface area contributed by atoms with E-state index in [1.54, 1.807) is 19.9 Å². The summed E-state index contributed by atoms with van der Waals surface area (Å²) in [5.41, 5.74) is 1.29. The number of carbonyl (C=O) groups is 1. The summed E-state index contributed by atoms with van der Waals surface area (Å²) >= 11 is 0. The molecule has 0 spiro atoms. The van der Waals surface area contributed by atoms with Crippen molar-refractivity contribution in [3.05, 3.63) is 29.3 Å². The lowest BCUT2D eigenvalue weighted by Gasteiger charge is -2.41. The third kappa shape index (κ3) is 4.27. The highest BCUT2D eigenvalue weighted by Gasteiger charge is 2.39. The van der Waals surface area contributed by atoms with Crippen molar-refractivity contribution in [1.82, 2.24) is 4.90 Å². The molecule has 2 aliphatic heterocycles. The smallest absolute Gasteiger partial charge is 0.223 e. The maximum atomic E-state index is 12.1. The second-order valence-electron chi connectivity index (χ2n) is 7.23. The number of amides is 1. The Morgan fingerprint density at radius 1 is 1.42 bits per heavy atom. The van der Waals surface area contributed by atoms with Crippen molar-refractivity contribution in [2.45, 2.75) is 64.7 Å². The molecule has 0 unspecified atom stereocenters. The van der Waals surface area contributed by atoms with E-state index in [2.05, 4.69) is 6.07 Å². The summed E-state index contributed by atoms with van der Waals surface area (Å²) in [5.74, 6) is 1.01. The fourth-order valence-electron chi connectivity index (χ4n) is 3.16. The summed E-state index contributed by atoms with van der Waals surface area (Å²) in [5, 5.41) is 17.1. The molecule has 3 rings (SSSR count). The van der Waals surface area contributed by atoms with Gasteiger partial charge in [0, 0.05) is 31.1 Å². The molecule has 0 aromatic heterocycles. The van der Waals surface area contributed by atoms with Crippen LogP contribution in [0.4, 0.5) is 0 Å². The second-order valence-corrected chi connectivity index (χ2v) is 7.23. The zero-order chi connectivity index (χ0) is 17.9. The van der Waals surface area contributed by atoms with E-state index < -0.39 is 0 Å². The standard InChI is InChI=1S/C16H18N2O2.C3H8O/c1-16(2)9-13(18-7-3-4-15(18)19)12-8-11(10-17)5-6-14(12)20-16;1-3(2)4/h5-6,8,13H,3-4,7,9H2,1-2H3;3-4H,1-2H3/t13-;/m0./s1. The molecule has 5 nitrogen and oxygen atoms in total. The summed E-state index contributed by atoms with van der Waals surface area (Å²) in [7, 11) is 0. The molecule has 130 valence electrons. The lowest BCUT2D eigenvalue weighted by atomic mass is 9.88. The Morgan fingerprint density at radius 3 is 2.62 bits per heavy atom. The minimum Gasteiger partial charge on any atom is -0.487 e. The molecule has 5 heteroatoms. The Labute approximate surface area is 143 Å². The van der Waals surface area contributed by atoms with Crippen molar-refractivity contribution < 1.29 is 14.6 Å². The van der Waals surface area contributed by atoms with Crippen LogP contribution >= 0.6 is 0 Å². The number of ether oxygens (including phenoxy) is 1. The van der Waals surface area contributed by atoms with Crippen molar-refractivity contribution in [3.63, 3.8) is 0 Å². The molecule has 0 radical (unpaired) electrons. The molecule has 1 saturated heterocycles. The maximum absolute atomic E-state index is 12.1. The maximum Gasteiger partial charge on any atom is 0.223 e. The van der Waals surface area contributed by atoms with E-state index in [0.29, 0.717) is 12.0 Å². The third-order valence-corrected chi connectivity index (χ3v) is 4.06. The summed E-state index contributed by atoms with van der Waals surface area (Å²) in [6.45, 7) is 8.33. The van der Waals surface area contributed by atoms with Crippen LogP contribution in [0.15, 0.2) is 18.2 Å². The van der Waals surface area contributed by atoms with Gasteiger partial charge in [-0.25, -0.2) is 0 Å². The van der Waals surface area contributed by atoms with E-state index in [4.69, 9.17) is 15.1 Å². The van der Waals surface area contributed by atoms with Gasteiger partial charge in [-0.05, 0) is 52.3 Å². The average Bonchev–Trinajstić information content (AvgIpc) is 2.90. The lowest BCUT2D eigenvalue weighted by Crippen LogP contribution is -2.42. The van der Waals surface area contributed by atoms with Gasteiger partial charge in [0.15, 0.2) is 0 Å². The Kier molecular flexibility index (Phi) is 5.51. The summed E-state index contributed by atoms with van der Waals surface area (Å²) < 4.78 is 6.00. The minimum absolute atomic E-state index is 0.0250. The van der Waals surface area contributed by atoms with E-state index in [0.717, 1.165) is 30.7 Å². The molecule has 0 bridgehead atoms. The Morgan fingerprint density at radius 2 is 2.08 bits per heavy atom. The molecule has 24 heavy (non-hydrogen) atoms. The Hall–Kier alpha value is -2.06. The predicted octanol–water partition coefficient (Wildman–Crippen LogP) is 3.17. The quantitative estimate of drug-likeness (QED) is 0.858. The molecule has 1 atom stereocenters. The number of fused-ring (bicyclic) bond motifs is 1. The number of hydrogen-bond donors (Lipinski definition) is 1. The van der Waals surface area contributed by atoms with Crippen LogP contribution in [0.3, 0.4) is 0 Å². The van der Waals surface area contributed by atoms with Crippen LogP contribution in [0, 0.1) is 11.3 Å². The zero-order valence-corrected chi connectivity index (χ0v) is 14.9. The molecule has 1 amide bonds. The van der Waals surface area contributed by atoms with Crippen molar-refractivity contribution in [1.29, 1.82) is 5.26 Å². The largest absolute Gasteiger partial charge is 0.487 e. The first-order valence-corrected chi connectivity index (χ1v) is 8.44.